The van der Waals surface area contributed by atoms with E-state index in [2.05, 4.69) is 48.7 Å². The predicted molar refractivity (Wildman–Crippen MR) is 55.2 cm³/mol. The maximum atomic E-state index is 2.25. The first-order valence-electron chi connectivity index (χ1n) is 5.20. The van der Waals surface area contributed by atoms with Gasteiger partial charge in [-0.3, -0.25) is 9.80 Å². The second kappa shape index (κ2) is 7.72. The van der Waals surface area contributed by atoms with Crippen molar-refractivity contribution in [3.63, 3.8) is 0 Å². The van der Waals surface area contributed by atoms with Gasteiger partial charge in [-0.1, -0.05) is 0 Å². The van der Waals surface area contributed by atoms with Crippen molar-refractivity contribution >= 4 is 0 Å². The lowest BCUT2D eigenvalue weighted by molar-refractivity contribution is -0.908. The van der Waals surface area contributed by atoms with Crippen LogP contribution in [0.2, 0.25) is 0 Å². The fourth-order valence-corrected chi connectivity index (χ4v) is 1.96. The van der Waals surface area contributed by atoms with Gasteiger partial charge in [0.15, 0.2) is 13.3 Å². The lowest BCUT2D eigenvalue weighted by Crippen LogP contribution is -3.16. The highest BCUT2D eigenvalue weighted by Gasteiger charge is 2.18. The Bertz CT molecular complexity index is 231. The van der Waals surface area contributed by atoms with Gasteiger partial charge >= 0.3 is 0 Å². The molecule has 94 valence electrons. The monoisotopic (exact) mass is 450 g/mol. The molecule has 0 saturated carbocycles. The third kappa shape index (κ3) is 4.76. The Morgan fingerprint density at radius 3 is 1.50 bits per heavy atom. The zero-order chi connectivity index (χ0) is 9.97. The molecule has 0 aromatic rings. The van der Waals surface area contributed by atoms with Crippen molar-refractivity contribution in [3.05, 3.63) is 24.8 Å². The van der Waals surface area contributed by atoms with E-state index < -0.39 is 0 Å². The van der Waals surface area contributed by atoms with Crippen molar-refractivity contribution in [2.24, 2.45) is 0 Å². The number of hydrogen-bond donors (Lipinski definition) is 2. The summed E-state index contributed by atoms with van der Waals surface area (Å²) in [6, 6.07) is 0. The Kier molecular flexibility index (Phi) is 7.94. The number of hydrogen-bond acceptors (Lipinski definition) is 2. The van der Waals surface area contributed by atoms with E-state index in [4.69, 9.17) is 0 Å². The molecular formula is C10H20I2N4. The first-order chi connectivity index (χ1) is 6.74. The van der Waals surface area contributed by atoms with Gasteiger partial charge in [-0.15, -0.1) is 0 Å². The highest BCUT2D eigenvalue weighted by Crippen LogP contribution is 1.83. The molecule has 0 radical (unpaired) electrons. The van der Waals surface area contributed by atoms with E-state index in [1.54, 1.807) is 9.80 Å². The molecule has 2 atom stereocenters. The summed E-state index contributed by atoms with van der Waals surface area (Å²) in [6.45, 7) is 4.67. The number of halogens is 2. The molecule has 0 aromatic heterocycles. The quantitative estimate of drug-likeness (QED) is 0.416. The number of nitrogens with zero attached hydrogens (tertiary/aromatic N) is 2. The van der Waals surface area contributed by atoms with Gasteiger partial charge < -0.3 is 57.8 Å². The van der Waals surface area contributed by atoms with Crippen LogP contribution in [0.25, 0.3) is 0 Å². The highest BCUT2D eigenvalue weighted by molar-refractivity contribution is 4.76. The minimum Gasteiger partial charge on any atom is -1.00 e. The third-order valence-electron chi connectivity index (χ3n) is 2.80. The van der Waals surface area contributed by atoms with Gasteiger partial charge in [0.1, 0.15) is 25.5 Å². The zero-order valence-electron chi connectivity index (χ0n) is 9.79. The largest absolute Gasteiger partial charge is 1.00 e. The SMILES string of the molecule is CN1C=C[NH+](CC[NH+]2C=CN(C)C2)C1.[I-].[I-]. The van der Waals surface area contributed by atoms with Crippen LogP contribution in [-0.2, 0) is 0 Å². The van der Waals surface area contributed by atoms with E-state index in [-0.39, 0.29) is 48.0 Å². The van der Waals surface area contributed by atoms with Crippen molar-refractivity contribution in [1.82, 2.24) is 9.80 Å². The lowest BCUT2D eigenvalue weighted by atomic mass is 10.5. The molecule has 0 bridgehead atoms. The normalized spacial score (nSPS) is 26.9. The van der Waals surface area contributed by atoms with Crippen LogP contribution in [0.1, 0.15) is 0 Å². The average Bonchev–Trinajstić information content (AvgIpc) is 2.72. The van der Waals surface area contributed by atoms with Crippen LogP contribution < -0.4 is 57.8 Å². The summed E-state index contributed by atoms with van der Waals surface area (Å²) < 4.78 is 0. The van der Waals surface area contributed by atoms with Crippen molar-refractivity contribution in [2.75, 3.05) is 40.5 Å². The topological polar surface area (TPSA) is 15.4 Å². The molecule has 2 rings (SSSR count). The summed E-state index contributed by atoms with van der Waals surface area (Å²) in [5.41, 5.74) is 0. The van der Waals surface area contributed by atoms with Crippen LogP contribution in [0, 0.1) is 0 Å². The summed E-state index contributed by atoms with van der Waals surface area (Å²) in [6.07, 6.45) is 8.83. The van der Waals surface area contributed by atoms with Gasteiger partial charge in [0.05, 0.1) is 12.4 Å². The van der Waals surface area contributed by atoms with Gasteiger partial charge in [-0.05, 0) is 0 Å². The van der Waals surface area contributed by atoms with Crippen molar-refractivity contribution in [2.45, 2.75) is 0 Å². The fourth-order valence-electron chi connectivity index (χ4n) is 1.96. The number of nitrogens with one attached hydrogen (secondary N) is 2. The van der Waals surface area contributed by atoms with Crippen LogP contribution in [0.5, 0.6) is 0 Å². The van der Waals surface area contributed by atoms with E-state index in [9.17, 15) is 0 Å². The summed E-state index contributed by atoms with van der Waals surface area (Å²) in [5.74, 6) is 0. The number of quaternary nitrogens is 2. The van der Waals surface area contributed by atoms with E-state index in [0.717, 1.165) is 13.3 Å². The molecule has 2 heterocycles. The molecule has 0 aliphatic carbocycles. The van der Waals surface area contributed by atoms with Gasteiger partial charge in [0.25, 0.3) is 0 Å². The average molecular weight is 450 g/mol. The summed E-state index contributed by atoms with van der Waals surface area (Å²) in [4.78, 5) is 7.58. The molecular weight excluding hydrogens is 430 g/mol. The predicted octanol–water partition coefficient (Wildman–Crippen LogP) is -8.49. The summed E-state index contributed by atoms with van der Waals surface area (Å²) in [7, 11) is 4.25. The smallest absolute Gasteiger partial charge is 0.156 e. The van der Waals surface area contributed by atoms with Crippen molar-refractivity contribution < 1.29 is 57.8 Å². The second-order valence-electron chi connectivity index (χ2n) is 4.28. The van der Waals surface area contributed by atoms with Gasteiger partial charge in [0.2, 0.25) is 0 Å². The first kappa shape index (κ1) is 16.5. The van der Waals surface area contributed by atoms with Crippen LogP contribution in [-0.4, -0.2) is 50.3 Å². The Morgan fingerprint density at radius 2 is 1.25 bits per heavy atom. The Balaban J connectivity index is 0.00000112. The maximum Gasteiger partial charge on any atom is 0.156 e. The van der Waals surface area contributed by atoms with E-state index >= 15 is 0 Å². The van der Waals surface area contributed by atoms with Crippen LogP contribution in [0.3, 0.4) is 0 Å². The summed E-state index contributed by atoms with van der Waals surface area (Å²) in [5, 5.41) is 0. The fraction of sp³-hybridized carbons (Fsp3) is 0.600. The van der Waals surface area contributed by atoms with Crippen molar-refractivity contribution in [1.29, 1.82) is 0 Å². The molecule has 0 fully saturated rings. The molecule has 2 aliphatic rings. The minimum absolute atomic E-state index is 0. The van der Waals surface area contributed by atoms with E-state index in [1.807, 2.05) is 0 Å². The Hall–Kier alpha value is 0.460. The maximum absolute atomic E-state index is 2.25. The minimum atomic E-state index is 0. The van der Waals surface area contributed by atoms with Gasteiger partial charge in [0, 0.05) is 14.1 Å². The van der Waals surface area contributed by atoms with Gasteiger partial charge in [-0.2, -0.15) is 0 Å². The highest BCUT2D eigenvalue weighted by atomic mass is 127. The van der Waals surface area contributed by atoms with Crippen LogP contribution >= 0.6 is 0 Å². The van der Waals surface area contributed by atoms with Gasteiger partial charge in [-0.25, -0.2) is 0 Å². The molecule has 4 nitrogen and oxygen atoms in total. The molecule has 0 saturated heterocycles. The molecule has 0 spiro atoms. The Labute approximate surface area is 132 Å². The summed E-state index contributed by atoms with van der Waals surface area (Å²) >= 11 is 0. The van der Waals surface area contributed by atoms with E-state index in [1.165, 1.54) is 13.1 Å². The lowest BCUT2D eigenvalue weighted by Gasteiger charge is -2.16. The number of rotatable bonds is 3. The molecule has 2 N–H and O–H groups in total. The standard InChI is InChI=1S/C10H18N4.2HI/c1-11-3-5-13(9-11)7-8-14-6-4-12(2)10-14;;/h3-6H,7-10H2,1-2H3;2*1H. The molecule has 2 unspecified atom stereocenters. The van der Waals surface area contributed by atoms with E-state index in [0.29, 0.717) is 0 Å². The molecule has 16 heavy (non-hydrogen) atoms. The second-order valence-corrected chi connectivity index (χ2v) is 4.28. The van der Waals surface area contributed by atoms with Crippen molar-refractivity contribution in [3.8, 4) is 0 Å². The van der Waals surface area contributed by atoms with Crippen LogP contribution in [0.4, 0.5) is 0 Å². The zero-order valence-corrected chi connectivity index (χ0v) is 14.1. The molecule has 0 aromatic carbocycles. The molecule has 6 heteroatoms. The molecule has 0 amide bonds. The third-order valence-corrected chi connectivity index (χ3v) is 2.80. The first-order valence-corrected chi connectivity index (χ1v) is 5.20. The molecule has 2 aliphatic heterocycles. The van der Waals surface area contributed by atoms with Crippen LogP contribution in [0.15, 0.2) is 24.8 Å². The Morgan fingerprint density at radius 1 is 0.875 bits per heavy atom.